The molecule has 8 nitrogen and oxygen atoms in total. The van der Waals surface area contributed by atoms with Gasteiger partial charge in [-0.15, -0.1) is 0 Å². The smallest absolute Gasteiger partial charge is 0.298 e. The van der Waals surface area contributed by atoms with Crippen molar-refractivity contribution in [3.05, 3.63) is 30.2 Å². The van der Waals surface area contributed by atoms with Gasteiger partial charge in [0.25, 0.3) is 5.91 Å². The van der Waals surface area contributed by atoms with E-state index >= 15 is 0 Å². The van der Waals surface area contributed by atoms with Crippen LogP contribution < -0.4 is 14.5 Å². The molecule has 0 spiro atoms. The van der Waals surface area contributed by atoms with Crippen molar-refractivity contribution in [2.75, 3.05) is 64.6 Å². The Kier molecular flexibility index (Phi) is 5.94. The number of hydrogen-bond acceptors (Lipinski definition) is 7. The van der Waals surface area contributed by atoms with Crippen LogP contribution in [0.1, 0.15) is 0 Å². The van der Waals surface area contributed by atoms with Crippen LogP contribution in [0.3, 0.4) is 0 Å². The number of benzene rings is 1. The summed E-state index contributed by atoms with van der Waals surface area (Å²) in [5, 5.41) is 0.649. The highest BCUT2D eigenvalue weighted by atomic mass is 32.1. The second-order valence-corrected chi connectivity index (χ2v) is 7.61. The molecule has 1 amide bonds. The second kappa shape index (κ2) is 8.76. The van der Waals surface area contributed by atoms with Crippen molar-refractivity contribution in [1.82, 2.24) is 4.98 Å². The Balaban J connectivity index is 1.59. The number of amides is 1. The average Bonchev–Trinajstić information content (AvgIpc) is 3.18. The SMILES string of the molecule is COc1ccc2nc(N(CC[NH+]3CCOCC3)C(=O)C3=COCCO3)sc2c1. The molecule has 1 N–H and O–H groups in total. The van der Waals surface area contributed by atoms with Crippen LogP contribution in [-0.2, 0) is 19.0 Å². The molecule has 4 rings (SSSR count). The molecular weight excluding hydrogens is 382 g/mol. The topological polar surface area (TPSA) is 74.6 Å². The third-order valence-corrected chi connectivity index (χ3v) is 5.85. The summed E-state index contributed by atoms with van der Waals surface area (Å²) in [7, 11) is 1.64. The third-order valence-electron chi connectivity index (χ3n) is 4.81. The number of nitrogens with one attached hydrogen (secondary N) is 1. The van der Waals surface area contributed by atoms with E-state index in [0.29, 0.717) is 24.9 Å². The van der Waals surface area contributed by atoms with Gasteiger partial charge in [0.1, 0.15) is 38.3 Å². The molecule has 1 saturated heterocycles. The molecule has 1 fully saturated rings. The second-order valence-electron chi connectivity index (χ2n) is 6.60. The standard InChI is InChI=1S/C19H23N3O5S/c1-24-14-2-3-15-17(12-14)28-19(20-15)22(5-4-21-6-8-25-9-7-21)18(23)16-13-26-10-11-27-16/h2-3,12-13H,4-11H2,1H3/p+1. The molecule has 150 valence electrons. The number of hydrogen-bond donors (Lipinski definition) is 1. The Hall–Kier alpha value is -2.36. The molecule has 0 radical (unpaired) electrons. The van der Waals surface area contributed by atoms with Gasteiger partial charge in [-0.3, -0.25) is 9.69 Å². The molecule has 0 bridgehead atoms. The highest BCUT2D eigenvalue weighted by Crippen LogP contribution is 2.32. The zero-order chi connectivity index (χ0) is 19.3. The summed E-state index contributed by atoms with van der Waals surface area (Å²) < 4.78 is 22.5. The minimum Gasteiger partial charge on any atom is -0.497 e. The lowest BCUT2D eigenvalue weighted by atomic mass is 10.3. The van der Waals surface area contributed by atoms with Crippen LogP contribution in [0.5, 0.6) is 5.75 Å². The summed E-state index contributed by atoms with van der Waals surface area (Å²) in [6, 6.07) is 5.71. The van der Waals surface area contributed by atoms with Crippen LogP contribution in [0.2, 0.25) is 0 Å². The molecule has 2 aromatic rings. The van der Waals surface area contributed by atoms with E-state index in [-0.39, 0.29) is 11.7 Å². The van der Waals surface area contributed by atoms with Crippen molar-refractivity contribution in [3.8, 4) is 5.75 Å². The Morgan fingerprint density at radius 3 is 2.89 bits per heavy atom. The maximum Gasteiger partial charge on any atom is 0.298 e. The van der Waals surface area contributed by atoms with Gasteiger partial charge in [-0.05, 0) is 18.2 Å². The lowest BCUT2D eigenvalue weighted by molar-refractivity contribution is -0.906. The Morgan fingerprint density at radius 1 is 1.29 bits per heavy atom. The fourth-order valence-electron chi connectivity index (χ4n) is 3.21. The normalized spacial score (nSPS) is 17.5. The number of methoxy groups -OCH3 is 1. The van der Waals surface area contributed by atoms with E-state index in [1.54, 1.807) is 12.0 Å². The summed E-state index contributed by atoms with van der Waals surface area (Å²) in [4.78, 5) is 20.9. The van der Waals surface area contributed by atoms with E-state index in [2.05, 4.69) is 4.98 Å². The Bertz CT molecular complexity index is 862. The van der Waals surface area contributed by atoms with Crippen molar-refractivity contribution >= 4 is 32.6 Å². The quantitative estimate of drug-likeness (QED) is 0.751. The molecule has 2 aliphatic heterocycles. The molecule has 1 aromatic heterocycles. The van der Waals surface area contributed by atoms with Crippen molar-refractivity contribution in [3.63, 3.8) is 0 Å². The van der Waals surface area contributed by atoms with Gasteiger partial charge in [0.15, 0.2) is 5.13 Å². The van der Waals surface area contributed by atoms with Gasteiger partial charge in [0.05, 0.1) is 43.6 Å². The number of morpholine rings is 1. The van der Waals surface area contributed by atoms with Crippen LogP contribution in [-0.4, -0.2) is 70.6 Å². The summed E-state index contributed by atoms with van der Waals surface area (Å²) >= 11 is 1.47. The van der Waals surface area contributed by atoms with Crippen LogP contribution in [0.15, 0.2) is 30.2 Å². The molecule has 0 aliphatic carbocycles. The highest BCUT2D eigenvalue weighted by molar-refractivity contribution is 7.22. The van der Waals surface area contributed by atoms with E-state index in [9.17, 15) is 4.79 Å². The van der Waals surface area contributed by atoms with Crippen molar-refractivity contribution in [2.24, 2.45) is 0 Å². The van der Waals surface area contributed by atoms with Crippen LogP contribution in [0, 0.1) is 0 Å². The zero-order valence-electron chi connectivity index (χ0n) is 15.8. The van der Waals surface area contributed by atoms with Crippen molar-refractivity contribution in [1.29, 1.82) is 0 Å². The average molecular weight is 406 g/mol. The summed E-state index contributed by atoms with van der Waals surface area (Å²) in [5.74, 6) is 0.767. The van der Waals surface area contributed by atoms with Gasteiger partial charge < -0.3 is 23.8 Å². The first-order chi connectivity index (χ1) is 13.7. The molecule has 28 heavy (non-hydrogen) atoms. The van der Waals surface area contributed by atoms with Gasteiger partial charge in [-0.2, -0.15) is 0 Å². The number of anilines is 1. The minimum absolute atomic E-state index is 0.222. The minimum atomic E-state index is -0.224. The molecule has 2 aliphatic rings. The van der Waals surface area contributed by atoms with E-state index in [1.165, 1.54) is 22.5 Å². The van der Waals surface area contributed by atoms with Gasteiger partial charge in [0.2, 0.25) is 5.76 Å². The Labute approximate surface area is 167 Å². The molecule has 0 saturated carbocycles. The number of fused-ring (bicyclic) bond motifs is 1. The summed E-state index contributed by atoms with van der Waals surface area (Å²) in [6.07, 6.45) is 1.40. The first kappa shape index (κ1) is 19.0. The fourth-order valence-corrected chi connectivity index (χ4v) is 4.23. The maximum atomic E-state index is 13.1. The molecule has 0 unspecified atom stereocenters. The number of carbonyl (C=O) groups is 1. The molecule has 9 heteroatoms. The van der Waals surface area contributed by atoms with Crippen LogP contribution in [0.4, 0.5) is 5.13 Å². The van der Waals surface area contributed by atoms with Crippen LogP contribution in [0.25, 0.3) is 10.2 Å². The van der Waals surface area contributed by atoms with E-state index in [1.807, 2.05) is 18.2 Å². The summed E-state index contributed by atoms with van der Waals surface area (Å²) in [6.45, 7) is 5.60. The zero-order valence-corrected chi connectivity index (χ0v) is 16.6. The molecule has 1 aromatic carbocycles. The predicted molar refractivity (Wildman–Crippen MR) is 105 cm³/mol. The predicted octanol–water partition coefficient (Wildman–Crippen LogP) is 0.441. The number of thiazole rings is 1. The van der Waals surface area contributed by atoms with Gasteiger partial charge in [-0.25, -0.2) is 4.98 Å². The van der Waals surface area contributed by atoms with Gasteiger partial charge in [0, 0.05) is 0 Å². The van der Waals surface area contributed by atoms with E-state index in [0.717, 1.165) is 48.8 Å². The largest absolute Gasteiger partial charge is 0.497 e. The number of nitrogens with zero attached hydrogens (tertiary/aromatic N) is 2. The molecule has 0 atom stereocenters. The summed E-state index contributed by atoms with van der Waals surface area (Å²) in [5.41, 5.74) is 0.840. The number of carbonyl (C=O) groups excluding carboxylic acids is 1. The number of quaternary nitrogens is 1. The van der Waals surface area contributed by atoms with Gasteiger partial charge >= 0.3 is 0 Å². The Morgan fingerprint density at radius 2 is 2.14 bits per heavy atom. The third kappa shape index (κ3) is 4.21. The number of aromatic nitrogens is 1. The number of rotatable bonds is 6. The monoisotopic (exact) mass is 406 g/mol. The van der Waals surface area contributed by atoms with Crippen molar-refractivity contribution in [2.45, 2.75) is 0 Å². The molecule has 3 heterocycles. The lowest BCUT2D eigenvalue weighted by Crippen LogP contribution is -3.14. The van der Waals surface area contributed by atoms with E-state index in [4.69, 9.17) is 18.9 Å². The number of ether oxygens (including phenoxy) is 4. The van der Waals surface area contributed by atoms with Crippen LogP contribution >= 0.6 is 11.3 Å². The first-order valence-electron chi connectivity index (χ1n) is 9.37. The van der Waals surface area contributed by atoms with E-state index < -0.39 is 0 Å². The lowest BCUT2D eigenvalue weighted by Gasteiger charge is -2.27. The van der Waals surface area contributed by atoms with Gasteiger partial charge in [-0.1, -0.05) is 11.3 Å². The highest BCUT2D eigenvalue weighted by Gasteiger charge is 2.28. The maximum absolute atomic E-state index is 13.1. The fraction of sp³-hybridized carbons (Fsp3) is 0.474. The molecular formula is C19H24N3O5S+. The van der Waals surface area contributed by atoms with Crippen molar-refractivity contribution < 1.29 is 28.6 Å². The first-order valence-corrected chi connectivity index (χ1v) is 10.2.